The molecule has 0 amide bonds. The molecule has 104 valence electrons. The second kappa shape index (κ2) is 4.92. The molecule has 1 aromatic carbocycles. The first-order valence-electron chi connectivity index (χ1n) is 7.53. The zero-order valence-corrected chi connectivity index (χ0v) is 12.4. The van der Waals surface area contributed by atoms with Crippen molar-refractivity contribution in [2.24, 2.45) is 0 Å². The van der Waals surface area contributed by atoms with Crippen LogP contribution in [0.25, 0.3) is 0 Å². The average molecular weight is 259 g/mol. The van der Waals surface area contributed by atoms with Crippen molar-refractivity contribution in [2.45, 2.75) is 51.5 Å². The van der Waals surface area contributed by atoms with Gasteiger partial charge in [0.1, 0.15) is 0 Å². The summed E-state index contributed by atoms with van der Waals surface area (Å²) in [5.74, 6) is 0. The van der Waals surface area contributed by atoms with Gasteiger partial charge in [-0.1, -0.05) is 18.6 Å². The van der Waals surface area contributed by atoms with E-state index in [1.54, 1.807) is 0 Å². The minimum atomic E-state index is 0.225. The lowest BCUT2D eigenvalue weighted by Crippen LogP contribution is -2.61. The van der Waals surface area contributed by atoms with Crippen molar-refractivity contribution in [1.82, 2.24) is 5.32 Å². The smallest absolute Gasteiger partial charge is 0.0600 e. The van der Waals surface area contributed by atoms with E-state index in [1.807, 2.05) is 0 Å². The first kappa shape index (κ1) is 13.1. The molecule has 19 heavy (non-hydrogen) atoms. The van der Waals surface area contributed by atoms with Crippen LogP contribution in [0.5, 0.6) is 0 Å². The summed E-state index contributed by atoms with van der Waals surface area (Å²) in [5, 5.41) is 3.74. The predicted molar refractivity (Wildman–Crippen MR) is 78.8 cm³/mol. The molecule has 2 aliphatic rings. The maximum absolute atomic E-state index is 5.63. The molecule has 3 rings (SSSR count). The van der Waals surface area contributed by atoms with Crippen LogP contribution in [0.15, 0.2) is 12.1 Å². The lowest BCUT2D eigenvalue weighted by Gasteiger charge is -2.50. The molecule has 0 saturated carbocycles. The summed E-state index contributed by atoms with van der Waals surface area (Å²) in [5.41, 5.74) is 5.97. The zero-order chi connectivity index (χ0) is 13.5. The fraction of sp³-hybridized carbons (Fsp3) is 0.647. The van der Waals surface area contributed by atoms with E-state index in [0.717, 1.165) is 19.8 Å². The number of nitrogens with one attached hydrogen (secondary N) is 1. The van der Waals surface area contributed by atoms with Crippen LogP contribution in [0.4, 0.5) is 0 Å². The van der Waals surface area contributed by atoms with Crippen LogP contribution in [-0.2, 0) is 10.2 Å². The summed E-state index contributed by atoms with van der Waals surface area (Å²) >= 11 is 0. The van der Waals surface area contributed by atoms with Crippen molar-refractivity contribution >= 4 is 0 Å². The van der Waals surface area contributed by atoms with Gasteiger partial charge in [-0.15, -0.1) is 0 Å². The summed E-state index contributed by atoms with van der Waals surface area (Å²) in [6.45, 7) is 9.61. The Bertz CT molecular complexity index is 470. The Morgan fingerprint density at radius 1 is 1.05 bits per heavy atom. The highest BCUT2D eigenvalue weighted by molar-refractivity contribution is 5.43. The molecule has 2 heteroatoms. The minimum Gasteiger partial charge on any atom is -0.379 e. The van der Waals surface area contributed by atoms with Gasteiger partial charge in [0, 0.05) is 6.04 Å². The maximum atomic E-state index is 5.63. The van der Waals surface area contributed by atoms with E-state index < -0.39 is 0 Å². The Balaban J connectivity index is 1.99. The van der Waals surface area contributed by atoms with Crippen molar-refractivity contribution in [3.05, 3.63) is 34.4 Å². The number of hydrogen-bond donors (Lipinski definition) is 1. The molecule has 1 unspecified atom stereocenters. The first-order chi connectivity index (χ1) is 9.13. The Kier molecular flexibility index (Phi) is 3.40. The molecule has 0 aliphatic carbocycles. The van der Waals surface area contributed by atoms with Crippen molar-refractivity contribution in [3.8, 4) is 0 Å². The van der Waals surface area contributed by atoms with Gasteiger partial charge >= 0.3 is 0 Å². The average Bonchev–Trinajstić information content (AvgIpc) is 2.35. The molecule has 0 radical (unpaired) electrons. The van der Waals surface area contributed by atoms with E-state index >= 15 is 0 Å². The number of ether oxygens (including phenoxy) is 1. The van der Waals surface area contributed by atoms with E-state index in [-0.39, 0.29) is 5.41 Å². The molecular weight excluding hydrogens is 234 g/mol. The third-order valence-electron chi connectivity index (χ3n) is 5.07. The monoisotopic (exact) mass is 259 g/mol. The second-order valence-corrected chi connectivity index (χ2v) is 6.40. The van der Waals surface area contributed by atoms with E-state index in [2.05, 4.69) is 38.2 Å². The Morgan fingerprint density at radius 3 is 2.37 bits per heavy atom. The van der Waals surface area contributed by atoms with Gasteiger partial charge in [0.05, 0.1) is 18.6 Å². The Hall–Kier alpha value is -0.860. The van der Waals surface area contributed by atoms with Crippen LogP contribution in [0.2, 0.25) is 0 Å². The Morgan fingerprint density at radius 2 is 1.79 bits per heavy atom. The van der Waals surface area contributed by atoms with Crippen molar-refractivity contribution in [1.29, 1.82) is 0 Å². The molecule has 1 N–H and O–H groups in total. The largest absolute Gasteiger partial charge is 0.379 e. The lowest BCUT2D eigenvalue weighted by molar-refractivity contribution is -0.0830. The third kappa shape index (κ3) is 2.11. The maximum Gasteiger partial charge on any atom is 0.0600 e. The molecule has 2 aliphatic heterocycles. The number of piperidine rings is 1. The molecule has 2 heterocycles. The standard InChI is InChI=1S/C17H25NO/c1-12-8-14(3)15(9-13(12)2)17(10-19-11-17)16-6-4-5-7-18-16/h8-9,16,18H,4-7,10-11H2,1-3H3. The molecule has 2 nitrogen and oxygen atoms in total. The van der Waals surface area contributed by atoms with Crippen LogP contribution in [0, 0.1) is 20.8 Å². The van der Waals surface area contributed by atoms with Crippen LogP contribution in [-0.4, -0.2) is 25.8 Å². The summed E-state index contributed by atoms with van der Waals surface area (Å²) in [4.78, 5) is 0. The Labute approximate surface area is 116 Å². The van der Waals surface area contributed by atoms with Crippen LogP contribution >= 0.6 is 0 Å². The van der Waals surface area contributed by atoms with Gasteiger partial charge in [-0.05, 0) is 62.4 Å². The number of hydrogen-bond acceptors (Lipinski definition) is 2. The SMILES string of the molecule is Cc1cc(C)c(C2(C3CCCCN3)COC2)cc1C. The highest BCUT2D eigenvalue weighted by atomic mass is 16.5. The highest BCUT2D eigenvalue weighted by Gasteiger charge is 2.48. The molecular formula is C17H25NO. The van der Waals surface area contributed by atoms with Gasteiger partial charge in [0.25, 0.3) is 0 Å². The quantitative estimate of drug-likeness (QED) is 0.881. The van der Waals surface area contributed by atoms with Crippen LogP contribution in [0.1, 0.15) is 41.5 Å². The third-order valence-corrected chi connectivity index (χ3v) is 5.07. The predicted octanol–water partition coefficient (Wildman–Crippen LogP) is 3.02. The van der Waals surface area contributed by atoms with Crippen molar-refractivity contribution in [3.63, 3.8) is 0 Å². The molecule has 1 aromatic rings. The second-order valence-electron chi connectivity index (χ2n) is 6.40. The van der Waals surface area contributed by atoms with Gasteiger partial charge in [0.15, 0.2) is 0 Å². The molecule has 1 atom stereocenters. The fourth-order valence-corrected chi connectivity index (χ4v) is 3.69. The molecule has 0 spiro atoms. The fourth-order valence-electron chi connectivity index (χ4n) is 3.69. The van der Waals surface area contributed by atoms with Gasteiger partial charge in [-0.3, -0.25) is 0 Å². The van der Waals surface area contributed by atoms with Crippen LogP contribution < -0.4 is 5.32 Å². The molecule has 0 bridgehead atoms. The van der Waals surface area contributed by atoms with Gasteiger partial charge in [0.2, 0.25) is 0 Å². The minimum absolute atomic E-state index is 0.225. The van der Waals surface area contributed by atoms with Crippen molar-refractivity contribution in [2.75, 3.05) is 19.8 Å². The van der Waals surface area contributed by atoms with Gasteiger partial charge in [-0.2, -0.15) is 0 Å². The molecule has 2 saturated heterocycles. The number of benzene rings is 1. The summed E-state index contributed by atoms with van der Waals surface area (Å²) in [6, 6.07) is 5.34. The summed E-state index contributed by atoms with van der Waals surface area (Å²) in [6.07, 6.45) is 3.96. The van der Waals surface area contributed by atoms with Gasteiger partial charge < -0.3 is 10.1 Å². The number of rotatable bonds is 2. The number of aryl methyl sites for hydroxylation is 3. The molecule has 0 aromatic heterocycles. The summed E-state index contributed by atoms with van der Waals surface area (Å²) < 4.78 is 5.63. The lowest BCUT2D eigenvalue weighted by atomic mass is 9.68. The zero-order valence-electron chi connectivity index (χ0n) is 12.4. The van der Waals surface area contributed by atoms with E-state index in [1.165, 1.54) is 41.5 Å². The van der Waals surface area contributed by atoms with E-state index in [0.29, 0.717) is 6.04 Å². The normalized spacial score (nSPS) is 25.9. The summed E-state index contributed by atoms with van der Waals surface area (Å²) in [7, 11) is 0. The highest BCUT2D eigenvalue weighted by Crippen LogP contribution is 2.41. The van der Waals surface area contributed by atoms with E-state index in [9.17, 15) is 0 Å². The first-order valence-corrected chi connectivity index (χ1v) is 7.53. The molecule has 2 fully saturated rings. The van der Waals surface area contributed by atoms with Crippen molar-refractivity contribution < 1.29 is 4.74 Å². The van der Waals surface area contributed by atoms with Crippen LogP contribution in [0.3, 0.4) is 0 Å². The van der Waals surface area contributed by atoms with E-state index in [4.69, 9.17) is 4.74 Å². The topological polar surface area (TPSA) is 21.3 Å². The van der Waals surface area contributed by atoms with Gasteiger partial charge in [-0.25, -0.2) is 0 Å².